The zero-order valence-corrected chi connectivity index (χ0v) is 14.6. The normalized spacial score (nSPS) is 15.5. The summed E-state index contributed by atoms with van der Waals surface area (Å²) in [6, 6.07) is 11.8. The molecule has 3 rings (SSSR count). The predicted molar refractivity (Wildman–Crippen MR) is 94.5 cm³/mol. The number of hydrogen-bond acceptors (Lipinski definition) is 1. The molecule has 0 unspecified atom stereocenters. The average Bonchev–Trinajstić information content (AvgIpc) is 3.14. The van der Waals surface area contributed by atoms with Crippen LogP contribution >= 0.6 is 0 Å². The first-order chi connectivity index (χ1) is 12.4. The van der Waals surface area contributed by atoms with Gasteiger partial charge < -0.3 is 5.32 Å². The highest BCUT2D eigenvalue weighted by atomic mass is 19.4. The molecule has 0 saturated heterocycles. The molecule has 1 saturated carbocycles. The van der Waals surface area contributed by atoms with Crippen molar-refractivity contribution in [1.29, 1.82) is 0 Å². The molecule has 0 atom stereocenters. The summed E-state index contributed by atoms with van der Waals surface area (Å²) >= 11 is 0. The zero-order valence-electron chi connectivity index (χ0n) is 14.6. The first kappa shape index (κ1) is 18.9. The SMILES string of the molecule is Fc1ccc(CCNCc2ccc(C3CCCC3)cc2)cc1C(F)(F)F. The van der Waals surface area contributed by atoms with Crippen LogP contribution < -0.4 is 5.32 Å². The number of alkyl halides is 3. The number of benzene rings is 2. The van der Waals surface area contributed by atoms with Crippen molar-refractivity contribution in [1.82, 2.24) is 5.32 Å². The highest BCUT2D eigenvalue weighted by molar-refractivity contribution is 5.28. The Balaban J connectivity index is 1.48. The molecule has 0 aromatic heterocycles. The van der Waals surface area contributed by atoms with Crippen LogP contribution in [0.2, 0.25) is 0 Å². The molecule has 140 valence electrons. The van der Waals surface area contributed by atoms with E-state index in [2.05, 4.69) is 29.6 Å². The molecule has 1 fully saturated rings. The van der Waals surface area contributed by atoms with Gasteiger partial charge in [0.2, 0.25) is 0 Å². The molecule has 0 aliphatic heterocycles. The van der Waals surface area contributed by atoms with E-state index in [1.807, 2.05) is 0 Å². The summed E-state index contributed by atoms with van der Waals surface area (Å²) in [5.41, 5.74) is 1.83. The Bertz CT molecular complexity index is 716. The molecule has 2 aromatic rings. The van der Waals surface area contributed by atoms with Crippen LogP contribution in [0.3, 0.4) is 0 Å². The molecule has 1 aliphatic rings. The van der Waals surface area contributed by atoms with Crippen molar-refractivity contribution in [2.24, 2.45) is 0 Å². The van der Waals surface area contributed by atoms with Gasteiger partial charge in [0.25, 0.3) is 0 Å². The van der Waals surface area contributed by atoms with E-state index in [4.69, 9.17) is 0 Å². The zero-order chi connectivity index (χ0) is 18.6. The highest BCUT2D eigenvalue weighted by Gasteiger charge is 2.34. The Morgan fingerprint density at radius 1 is 0.923 bits per heavy atom. The summed E-state index contributed by atoms with van der Waals surface area (Å²) in [5.74, 6) is -0.533. The molecule has 2 aromatic carbocycles. The molecular weight excluding hydrogens is 342 g/mol. The second-order valence-electron chi connectivity index (χ2n) is 6.96. The fraction of sp³-hybridized carbons (Fsp3) is 0.429. The van der Waals surface area contributed by atoms with Crippen LogP contribution in [0.4, 0.5) is 17.6 Å². The molecule has 5 heteroatoms. The standard InChI is InChI=1S/C21H23F4N/c22-20-10-7-15(13-19(20)21(23,24)25)11-12-26-14-16-5-8-18(9-6-16)17-3-1-2-4-17/h5-10,13,17,26H,1-4,11-12,14H2. The Kier molecular flexibility index (Phi) is 5.97. The Morgan fingerprint density at radius 3 is 2.23 bits per heavy atom. The largest absolute Gasteiger partial charge is 0.419 e. The van der Waals surface area contributed by atoms with E-state index < -0.39 is 17.6 Å². The van der Waals surface area contributed by atoms with Crippen molar-refractivity contribution in [3.8, 4) is 0 Å². The van der Waals surface area contributed by atoms with Gasteiger partial charge in [-0.15, -0.1) is 0 Å². The van der Waals surface area contributed by atoms with Crippen molar-refractivity contribution in [3.63, 3.8) is 0 Å². The maximum absolute atomic E-state index is 13.3. The topological polar surface area (TPSA) is 12.0 Å². The van der Waals surface area contributed by atoms with Gasteiger partial charge in [0.1, 0.15) is 5.82 Å². The molecule has 26 heavy (non-hydrogen) atoms. The van der Waals surface area contributed by atoms with Gasteiger partial charge in [0, 0.05) is 6.54 Å². The summed E-state index contributed by atoms with van der Waals surface area (Å²) in [4.78, 5) is 0. The van der Waals surface area contributed by atoms with Crippen molar-refractivity contribution in [2.75, 3.05) is 6.54 Å². The third-order valence-electron chi connectivity index (χ3n) is 5.06. The third kappa shape index (κ3) is 4.85. The van der Waals surface area contributed by atoms with Crippen LogP contribution in [-0.4, -0.2) is 6.54 Å². The maximum Gasteiger partial charge on any atom is 0.419 e. The van der Waals surface area contributed by atoms with Crippen LogP contribution in [0, 0.1) is 5.82 Å². The van der Waals surface area contributed by atoms with Crippen LogP contribution in [0.5, 0.6) is 0 Å². The molecule has 0 heterocycles. The number of nitrogens with one attached hydrogen (secondary N) is 1. The Labute approximate surface area is 151 Å². The minimum Gasteiger partial charge on any atom is -0.312 e. The smallest absolute Gasteiger partial charge is 0.312 e. The van der Waals surface area contributed by atoms with Gasteiger partial charge in [-0.05, 0) is 60.5 Å². The predicted octanol–water partition coefficient (Wildman–Crippen LogP) is 5.83. The lowest BCUT2D eigenvalue weighted by atomic mass is 9.97. The number of hydrogen-bond donors (Lipinski definition) is 1. The monoisotopic (exact) mass is 365 g/mol. The van der Waals surface area contributed by atoms with E-state index in [1.165, 1.54) is 37.3 Å². The van der Waals surface area contributed by atoms with E-state index in [0.717, 1.165) is 17.7 Å². The quantitative estimate of drug-likeness (QED) is 0.501. The summed E-state index contributed by atoms with van der Waals surface area (Å²) in [6.07, 6.45) is 0.934. The van der Waals surface area contributed by atoms with Crippen molar-refractivity contribution in [3.05, 3.63) is 70.5 Å². The lowest BCUT2D eigenvalue weighted by Crippen LogP contribution is -2.17. The Hall–Kier alpha value is -1.88. The molecule has 1 aliphatic carbocycles. The van der Waals surface area contributed by atoms with E-state index >= 15 is 0 Å². The highest BCUT2D eigenvalue weighted by Crippen LogP contribution is 2.34. The molecular formula is C21H23F4N. The second kappa shape index (κ2) is 8.21. The number of halogens is 4. The van der Waals surface area contributed by atoms with E-state index in [9.17, 15) is 17.6 Å². The van der Waals surface area contributed by atoms with Gasteiger partial charge in [-0.25, -0.2) is 4.39 Å². The maximum atomic E-state index is 13.3. The van der Waals surface area contributed by atoms with Crippen LogP contribution in [0.25, 0.3) is 0 Å². The fourth-order valence-corrected chi connectivity index (χ4v) is 3.58. The van der Waals surface area contributed by atoms with Gasteiger partial charge in [0.15, 0.2) is 0 Å². The Morgan fingerprint density at radius 2 is 1.58 bits per heavy atom. The molecule has 0 spiro atoms. The van der Waals surface area contributed by atoms with E-state index in [1.54, 1.807) is 0 Å². The minimum absolute atomic E-state index is 0.420. The van der Waals surface area contributed by atoms with Crippen LogP contribution in [-0.2, 0) is 19.1 Å². The van der Waals surface area contributed by atoms with Crippen molar-refractivity contribution in [2.45, 2.75) is 50.7 Å². The molecule has 1 N–H and O–H groups in total. The first-order valence-electron chi connectivity index (χ1n) is 9.08. The van der Waals surface area contributed by atoms with Crippen LogP contribution in [0.1, 0.15) is 53.9 Å². The number of rotatable bonds is 6. The van der Waals surface area contributed by atoms with Gasteiger partial charge in [0.05, 0.1) is 5.56 Å². The molecule has 0 amide bonds. The summed E-state index contributed by atoms with van der Waals surface area (Å²) in [6.45, 7) is 1.20. The van der Waals surface area contributed by atoms with Crippen LogP contribution in [0.15, 0.2) is 42.5 Å². The molecule has 0 bridgehead atoms. The van der Waals surface area contributed by atoms with E-state index in [-0.39, 0.29) is 0 Å². The van der Waals surface area contributed by atoms with Gasteiger partial charge in [-0.1, -0.05) is 43.2 Å². The lowest BCUT2D eigenvalue weighted by Gasteiger charge is -2.12. The fourth-order valence-electron chi connectivity index (χ4n) is 3.58. The average molecular weight is 365 g/mol. The van der Waals surface area contributed by atoms with Gasteiger partial charge in [-0.2, -0.15) is 13.2 Å². The molecule has 0 radical (unpaired) electrons. The summed E-state index contributed by atoms with van der Waals surface area (Å²) in [5, 5.41) is 3.24. The van der Waals surface area contributed by atoms with Crippen molar-refractivity contribution < 1.29 is 17.6 Å². The van der Waals surface area contributed by atoms with E-state index in [0.29, 0.717) is 31.0 Å². The lowest BCUT2D eigenvalue weighted by molar-refractivity contribution is -0.140. The van der Waals surface area contributed by atoms with Gasteiger partial charge >= 0.3 is 6.18 Å². The summed E-state index contributed by atoms with van der Waals surface area (Å²) < 4.78 is 51.5. The van der Waals surface area contributed by atoms with Gasteiger partial charge in [-0.3, -0.25) is 0 Å². The van der Waals surface area contributed by atoms with Crippen molar-refractivity contribution >= 4 is 0 Å². The minimum atomic E-state index is -4.66. The second-order valence-corrected chi connectivity index (χ2v) is 6.96. The molecule has 1 nitrogen and oxygen atoms in total. The summed E-state index contributed by atoms with van der Waals surface area (Å²) in [7, 11) is 0. The first-order valence-corrected chi connectivity index (χ1v) is 9.08. The third-order valence-corrected chi connectivity index (χ3v) is 5.06.